The molecule has 0 aromatic heterocycles. The van der Waals surface area contributed by atoms with Gasteiger partial charge in [0.25, 0.3) is 0 Å². The standard InChI is InChI=1S/C38H61N3O12/c1-23(2)27(17-26-11-12-30(49-9)32(18-26)50-16-10-15-48-8)19-29-31(20-28(24(3)4)35(45)40-21-38(6,7)36(39)46)51-22-41(29)37(47)53-25(5)52-34(44)14-13-33(42)43/h11-12,18,23-25,27-29,31H,10,13-17,19-22H2,1-9H3,(H2,39,46)(H,40,45)(H,42,43)/t25?,27-,28-,29-,31-/m0/s1. The van der Waals surface area contributed by atoms with Crippen LogP contribution in [0.2, 0.25) is 0 Å². The van der Waals surface area contributed by atoms with Crippen molar-refractivity contribution in [2.45, 2.75) is 105 Å². The lowest BCUT2D eigenvalue weighted by molar-refractivity contribution is -0.167. The van der Waals surface area contributed by atoms with Gasteiger partial charge in [-0.3, -0.25) is 24.1 Å². The van der Waals surface area contributed by atoms with E-state index in [4.69, 9.17) is 39.3 Å². The van der Waals surface area contributed by atoms with Crippen LogP contribution in [0.1, 0.15) is 86.1 Å². The Balaban J connectivity index is 2.37. The Bertz CT molecular complexity index is 1370. The van der Waals surface area contributed by atoms with Crippen LogP contribution in [-0.2, 0) is 44.5 Å². The summed E-state index contributed by atoms with van der Waals surface area (Å²) in [6, 6.07) is 5.29. The number of esters is 1. The summed E-state index contributed by atoms with van der Waals surface area (Å²) in [6.45, 7) is 13.7. The van der Waals surface area contributed by atoms with Gasteiger partial charge >= 0.3 is 18.0 Å². The lowest BCUT2D eigenvalue weighted by Gasteiger charge is -2.33. The number of amides is 3. The van der Waals surface area contributed by atoms with Gasteiger partial charge in [-0.15, -0.1) is 0 Å². The fourth-order valence-corrected chi connectivity index (χ4v) is 5.97. The topological polar surface area (TPSA) is 202 Å². The van der Waals surface area contributed by atoms with Crippen molar-refractivity contribution in [1.82, 2.24) is 10.2 Å². The van der Waals surface area contributed by atoms with E-state index in [1.54, 1.807) is 28.1 Å². The second-order valence-electron chi connectivity index (χ2n) is 14.9. The molecule has 15 nitrogen and oxygen atoms in total. The van der Waals surface area contributed by atoms with Crippen LogP contribution in [0.5, 0.6) is 11.5 Å². The lowest BCUT2D eigenvalue weighted by Crippen LogP contribution is -2.47. The van der Waals surface area contributed by atoms with Gasteiger partial charge in [-0.2, -0.15) is 0 Å². The molecule has 3 amide bonds. The Morgan fingerprint density at radius 2 is 1.68 bits per heavy atom. The molecule has 0 radical (unpaired) electrons. The van der Waals surface area contributed by atoms with Gasteiger partial charge in [0.1, 0.15) is 6.73 Å². The summed E-state index contributed by atoms with van der Waals surface area (Å²) < 4.78 is 33.6. The van der Waals surface area contributed by atoms with Gasteiger partial charge in [0.05, 0.1) is 44.1 Å². The number of carboxylic acid groups (broad SMARTS) is 1. The molecule has 0 bridgehead atoms. The quantitative estimate of drug-likeness (QED) is 0.0803. The van der Waals surface area contributed by atoms with Crippen molar-refractivity contribution in [2.24, 2.45) is 34.8 Å². The first-order valence-electron chi connectivity index (χ1n) is 18.3. The van der Waals surface area contributed by atoms with Gasteiger partial charge in [-0.25, -0.2) is 4.79 Å². The second-order valence-corrected chi connectivity index (χ2v) is 14.9. The summed E-state index contributed by atoms with van der Waals surface area (Å²) in [7, 11) is 3.22. The highest BCUT2D eigenvalue weighted by Crippen LogP contribution is 2.36. The number of rotatable bonds is 23. The molecule has 1 heterocycles. The molecule has 2 rings (SSSR count). The summed E-state index contributed by atoms with van der Waals surface area (Å²) >= 11 is 0. The minimum Gasteiger partial charge on any atom is -0.493 e. The number of carboxylic acids is 1. The number of ether oxygens (including phenoxy) is 6. The van der Waals surface area contributed by atoms with E-state index in [-0.39, 0.29) is 49.8 Å². The zero-order valence-electron chi connectivity index (χ0n) is 32.8. The van der Waals surface area contributed by atoms with E-state index in [9.17, 15) is 24.0 Å². The van der Waals surface area contributed by atoms with Crippen LogP contribution < -0.4 is 20.5 Å². The van der Waals surface area contributed by atoms with E-state index in [1.807, 2.05) is 32.0 Å². The maximum atomic E-state index is 13.6. The van der Waals surface area contributed by atoms with E-state index in [0.29, 0.717) is 44.0 Å². The number of primary amides is 1. The molecule has 1 aromatic carbocycles. The number of aliphatic carboxylic acids is 1. The van der Waals surface area contributed by atoms with E-state index >= 15 is 0 Å². The Kier molecular flexibility index (Phi) is 18.3. The van der Waals surface area contributed by atoms with Crippen LogP contribution in [0.15, 0.2) is 18.2 Å². The summed E-state index contributed by atoms with van der Waals surface area (Å²) in [5, 5.41) is 11.8. The Morgan fingerprint density at radius 1 is 0.981 bits per heavy atom. The molecule has 300 valence electrons. The summed E-state index contributed by atoms with van der Waals surface area (Å²) in [4.78, 5) is 63.5. The molecule has 1 unspecified atom stereocenters. The van der Waals surface area contributed by atoms with Crippen LogP contribution in [0.3, 0.4) is 0 Å². The van der Waals surface area contributed by atoms with Crippen LogP contribution in [0, 0.1) is 29.1 Å². The van der Waals surface area contributed by atoms with Gasteiger partial charge in [0.2, 0.25) is 18.1 Å². The molecule has 4 N–H and O–H groups in total. The Morgan fingerprint density at radius 3 is 2.26 bits per heavy atom. The number of hydrogen-bond donors (Lipinski definition) is 3. The van der Waals surface area contributed by atoms with Crippen molar-refractivity contribution in [3.8, 4) is 11.5 Å². The fourth-order valence-electron chi connectivity index (χ4n) is 5.97. The molecule has 0 aliphatic carbocycles. The first-order valence-corrected chi connectivity index (χ1v) is 18.3. The SMILES string of the molecule is COCCCOc1cc(C[C@@H](C[C@H]2[C@H](C[C@H](C(=O)NCC(C)(C)C(N)=O)C(C)C)OCN2C(=O)OC(C)OC(=O)CCC(=O)O)C(C)C)ccc1OC. The smallest absolute Gasteiger partial charge is 0.415 e. The molecule has 5 atom stereocenters. The minimum atomic E-state index is -1.28. The van der Waals surface area contributed by atoms with E-state index in [0.717, 1.165) is 5.56 Å². The van der Waals surface area contributed by atoms with Crippen molar-refractivity contribution in [3.05, 3.63) is 23.8 Å². The minimum absolute atomic E-state index is 0.0307. The molecule has 0 spiro atoms. The maximum Gasteiger partial charge on any atom is 0.415 e. The highest BCUT2D eigenvalue weighted by molar-refractivity contribution is 5.83. The highest BCUT2D eigenvalue weighted by Gasteiger charge is 2.43. The Labute approximate surface area is 313 Å². The lowest BCUT2D eigenvalue weighted by atomic mass is 9.80. The first kappa shape index (κ1) is 45.0. The van der Waals surface area contributed by atoms with Gasteiger partial charge in [-0.05, 0) is 68.6 Å². The van der Waals surface area contributed by atoms with Crippen molar-refractivity contribution >= 4 is 29.8 Å². The van der Waals surface area contributed by atoms with Gasteiger partial charge in [-0.1, -0.05) is 33.8 Å². The molecule has 15 heteroatoms. The normalized spacial score (nSPS) is 17.6. The second kappa shape index (κ2) is 21.6. The van der Waals surface area contributed by atoms with Crippen LogP contribution in [0.25, 0.3) is 0 Å². The van der Waals surface area contributed by atoms with E-state index in [2.05, 4.69) is 19.2 Å². The van der Waals surface area contributed by atoms with Crippen molar-refractivity contribution < 1.29 is 57.5 Å². The summed E-state index contributed by atoms with van der Waals surface area (Å²) in [5.41, 5.74) is 5.59. The van der Waals surface area contributed by atoms with E-state index in [1.165, 1.54) is 11.8 Å². The number of carbonyl (C=O) groups is 5. The molecule has 1 aromatic rings. The predicted molar refractivity (Wildman–Crippen MR) is 195 cm³/mol. The van der Waals surface area contributed by atoms with Crippen LogP contribution in [0.4, 0.5) is 4.79 Å². The number of benzene rings is 1. The summed E-state index contributed by atoms with van der Waals surface area (Å²) in [5.74, 6) is -1.95. The number of hydrogen-bond acceptors (Lipinski definition) is 11. The number of carbonyl (C=O) groups excluding carboxylic acids is 4. The van der Waals surface area contributed by atoms with Crippen molar-refractivity contribution in [3.63, 3.8) is 0 Å². The molecule has 1 aliphatic rings. The molecule has 1 fully saturated rings. The highest BCUT2D eigenvalue weighted by atomic mass is 16.7. The molecule has 1 saturated heterocycles. The largest absolute Gasteiger partial charge is 0.493 e. The molecule has 1 aliphatic heterocycles. The van der Waals surface area contributed by atoms with Gasteiger partial charge in [0.15, 0.2) is 11.5 Å². The monoisotopic (exact) mass is 751 g/mol. The third-order valence-electron chi connectivity index (χ3n) is 9.56. The number of nitrogens with zero attached hydrogens (tertiary/aromatic N) is 1. The molecule has 53 heavy (non-hydrogen) atoms. The Hall–Kier alpha value is -4.11. The van der Waals surface area contributed by atoms with Gasteiger partial charge in [0, 0.05) is 39.5 Å². The maximum absolute atomic E-state index is 13.6. The summed E-state index contributed by atoms with van der Waals surface area (Å²) in [6.07, 6.45) is -1.29. The average Bonchev–Trinajstić information content (AvgIpc) is 3.48. The number of nitrogens with one attached hydrogen (secondary N) is 1. The number of nitrogens with two attached hydrogens (primary N) is 1. The predicted octanol–water partition coefficient (Wildman–Crippen LogP) is 4.52. The zero-order valence-corrected chi connectivity index (χ0v) is 32.8. The first-order chi connectivity index (χ1) is 24.9. The molecule has 0 saturated carbocycles. The average molecular weight is 752 g/mol. The zero-order chi connectivity index (χ0) is 39.9. The van der Waals surface area contributed by atoms with Crippen molar-refractivity contribution in [1.29, 1.82) is 0 Å². The number of methoxy groups -OCH3 is 2. The third kappa shape index (κ3) is 14.7. The third-order valence-corrected chi connectivity index (χ3v) is 9.56. The fraction of sp³-hybridized carbons (Fsp3) is 0.711. The van der Waals surface area contributed by atoms with Crippen molar-refractivity contribution in [2.75, 3.05) is 40.7 Å². The molecular weight excluding hydrogens is 690 g/mol. The molecular formula is C38H61N3O12. The van der Waals surface area contributed by atoms with Gasteiger partial charge < -0.3 is 44.6 Å². The van der Waals surface area contributed by atoms with Crippen LogP contribution in [-0.4, -0.2) is 99.0 Å². The van der Waals surface area contributed by atoms with E-state index < -0.39 is 60.1 Å². The van der Waals surface area contributed by atoms with Crippen LogP contribution >= 0.6 is 0 Å².